The van der Waals surface area contributed by atoms with E-state index in [0.29, 0.717) is 34.9 Å². The molecule has 0 saturated heterocycles. The predicted molar refractivity (Wildman–Crippen MR) is 396 cm³/mol. The summed E-state index contributed by atoms with van der Waals surface area (Å²) in [6.07, 6.45) is 0. The zero-order valence-electron chi connectivity index (χ0n) is 51.9. The molecule has 0 aliphatic carbocycles. The smallest absolute Gasteiger partial charge is 0.164 e. The van der Waals surface area contributed by atoms with Crippen molar-refractivity contribution in [3.63, 3.8) is 0 Å². The maximum Gasteiger partial charge on any atom is 0.164 e. The molecule has 0 aliphatic heterocycles. The van der Waals surface area contributed by atoms with Gasteiger partial charge in [0.25, 0.3) is 0 Å². The SMILES string of the molecule is c1ccc(-c2ccc3c(c2)c2c4ccccc4ccc2n3-c2ccc(-c3nc(-c4ccccc4)nc(-c4ccccc4)n3)cc2)cc1.c1ccc(-c2nc(-c3ccc4c5ccccc5c5ccccc5c4c3)nc(-c3ccc4c5ccccc5n(-c5ccccc5)c4c3)n2)cc1. The molecule has 0 atom stereocenters. The number of fused-ring (bicyclic) bond motifs is 14. The lowest BCUT2D eigenvalue weighted by Gasteiger charge is -2.13. The number of para-hydroxylation sites is 2. The molecule has 0 N–H and O–H groups in total. The van der Waals surface area contributed by atoms with Crippen molar-refractivity contribution < 1.29 is 0 Å². The van der Waals surface area contributed by atoms with E-state index in [-0.39, 0.29) is 0 Å². The number of nitrogens with zero attached hydrogens (tertiary/aromatic N) is 8. The first kappa shape index (κ1) is 55.8. The summed E-state index contributed by atoms with van der Waals surface area (Å²) in [5, 5.41) is 14.7. The van der Waals surface area contributed by atoms with Crippen LogP contribution in [0, 0.1) is 0 Å². The molecule has 8 heteroatoms. The van der Waals surface area contributed by atoms with Crippen LogP contribution in [0.4, 0.5) is 0 Å². The highest BCUT2D eigenvalue weighted by Crippen LogP contribution is 2.42. The topological polar surface area (TPSA) is 87.2 Å². The Hall–Kier alpha value is -13.0. The van der Waals surface area contributed by atoms with Gasteiger partial charge in [0.2, 0.25) is 0 Å². The van der Waals surface area contributed by atoms with Crippen LogP contribution in [0.3, 0.4) is 0 Å². The van der Waals surface area contributed by atoms with Gasteiger partial charge in [0, 0.05) is 66.3 Å². The first-order chi connectivity index (χ1) is 47.6. The van der Waals surface area contributed by atoms with E-state index in [2.05, 4.69) is 270 Å². The van der Waals surface area contributed by atoms with Gasteiger partial charge >= 0.3 is 0 Å². The highest BCUT2D eigenvalue weighted by Gasteiger charge is 2.21. The van der Waals surface area contributed by atoms with Crippen LogP contribution in [0.5, 0.6) is 0 Å². The van der Waals surface area contributed by atoms with Crippen LogP contribution in [-0.2, 0) is 0 Å². The van der Waals surface area contributed by atoms with Gasteiger partial charge in [-0.3, -0.25) is 0 Å². The van der Waals surface area contributed by atoms with E-state index in [1.165, 1.54) is 86.8 Å². The fourth-order valence-electron chi connectivity index (χ4n) is 13.9. The van der Waals surface area contributed by atoms with Crippen LogP contribution < -0.4 is 0 Å². The maximum atomic E-state index is 5.18. The van der Waals surface area contributed by atoms with E-state index >= 15 is 0 Å². The van der Waals surface area contributed by atoms with E-state index in [1.807, 2.05) is 78.9 Å². The molecular weight excluding hydrogens is 1170 g/mol. The Morgan fingerprint density at radius 1 is 0.167 bits per heavy atom. The van der Waals surface area contributed by atoms with Crippen LogP contribution in [0.1, 0.15) is 0 Å². The molecule has 0 amide bonds. The summed E-state index contributed by atoms with van der Waals surface area (Å²) in [5.74, 6) is 3.88. The maximum absolute atomic E-state index is 5.18. The zero-order chi connectivity index (χ0) is 63.5. The minimum absolute atomic E-state index is 0.638. The molecule has 448 valence electrons. The van der Waals surface area contributed by atoms with Crippen LogP contribution in [0.25, 0.3) is 178 Å². The average Bonchev–Trinajstić information content (AvgIpc) is 1.42. The molecule has 8 nitrogen and oxygen atoms in total. The Labute approximate surface area is 553 Å². The van der Waals surface area contributed by atoms with Crippen molar-refractivity contribution in [1.29, 1.82) is 0 Å². The molecule has 19 aromatic rings. The second-order valence-electron chi connectivity index (χ2n) is 24.1. The van der Waals surface area contributed by atoms with Crippen LogP contribution in [-0.4, -0.2) is 39.0 Å². The Bertz CT molecular complexity index is 6080. The van der Waals surface area contributed by atoms with Gasteiger partial charge in [-0.05, 0) is 127 Å². The van der Waals surface area contributed by atoms with E-state index in [9.17, 15) is 0 Å². The third kappa shape index (κ3) is 9.87. The minimum Gasteiger partial charge on any atom is -0.309 e. The predicted octanol–water partition coefficient (Wildman–Crippen LogP) is 22.2. The van der Waals surface area contributed by atoms with Crippen molar-refractivity contribution >= 4 is 86.7 Å². The number of aromatic nitrogens is 8. The summed E-state index contributed by atoms with van der Waals surface area (Å²) in [5.41, 5.74) is 14.9. The molecule has 4 aromatic heterocycles. The first-order valence-electron chi connectivity index (χ1n) is 32.3. The van der Waals surface area contributed by atoms with Crippen LogP contribution in [0.15, 0.2) is 340 Å². The summed E-state index contributed by atoms with van der Waals surface area (Å²) in [4.78, 5) is 30.1. The standard InChI is InChI=1S/C45H28N4.C43H28N4/c1-3-13-29(14-4-1)43-46-44(30-23-25-37-35-19-8-7-17-33(35)34-18-9-10-20-36(34)40(37)27-30)48-45(47-43)31-24-26-39-38-21-11-12-22-41(38)49(42(39)28-31)32-15-5-2-6-16-32;1-4-12-29(13-5-1)34-23-26-38-37(28-34)40-36-19-11-10-14-30(36)22-27-39(40)47(38)35-24-20-33(21-25-35)43-45-41(31-15-6-2-7-16-31)44-42(46-43)32-17-8-3-9-18-32/h1-28H;1-28H. The van der Waals surface area contributed by atoms with Crippen molar-refractivity contribution in [3.05, 3.63) is 340 Å². The fraction of sp³-hybridized carbons (Fsp3) is 0. The molecule has 0 fully saturated rings. The molecule has 0 radical (unpaired) electrons. The summed E-state index contributed by atoms with van der Waals surface area (Å²) >= 11 is 0. The lowest BCUT2D eigenvalue weighted by molar-refractivity contribution is 1.07. The van der Waals surface area contributed by atoms with Gasteiger partial charge in [-0.1, -0.05) is 267 Å². The van der Waals surface area contributed by atoms with Crippen molar-refractivity contribution in [2.45, 2.75) is 0 Å². The highest BCUT2D eigenvalue weighted by molar-refractivity contribution is 6.26. The van der Waals surface area contributed by atoms with E-state index in [4.69, 9.17) is 29.9 Å². The summed E-state index contributed by atoms with van der Waals surface area (Å²) < 4.78 is 4.70. The van der Waals surface area contributed by atoms with Crippen molar-refractivity contribution in [2.24, 2.45) is 0 Å². The van der Waals surface area contributed by atoms with Gasteiger partial charge in [-0.25, -0.2) is 29.9 Å². The van der Waals surface area contributed by atoms with Gasteiger partial charge in [-0.15, -0.1) is 0 Å². The molecule has 0 bridgehead atoms. The lowest BCUT2D eigenvalue weighted by atomic mass is 9.93. The molecule has 0 saturated carbocycles. The third-order valence-electron chi connectivity index (χ3n) is 18.5. The highest BCUT2D eigenvalue weighted by atomic mass is 15.0. The van der Waals surface area contributed by atoms with E-state index < -0.39 is 0 Å². The van der Waals surface area contributed by atoms with Gasteiger partial charge in [0.1, 0.15) is 0 Å². The van der Waals surface area contributed by atoms with Gasteiger partial charge in [0.05, 0.1) is 22.1 Å². The number of benzene rings is 15. The van der Waals surface area contributed by atoms with Crippen molar-refractivity contribution in [1.82, 2.24) is 39.0 Å². The monoisotopic (exact) mass is 1220 g/mol. The Morgan fingerprint density at radius 2 is 0.500 bits per heavy atom. The number of hydrogen-bond donors (Lipinski definition) is 0. The van der Waals surface area contributed by atoms with Crippen molar-refractivity contribution in [2.75, 3.05) is 0 Å². The van der Waals surface area contributed by atoms with E-state index in [0.717, 1.165) is 55.8 Å². The third-order valence-corrected chi connectivity index (χ3v) is 18.5. The zero-order valence-corrected chi connectivity index (χ0v) is 51.9. The van der Waals surface area contributed by atoms with Crippen LogP contribution in [0.2, 0.25) is 0 Å². The molecule has 19 rings (SSSR count). The first-order valence-corrected chi connectivity index (χ1v) is 32.3. The van der Waals surface area contributed by atoms with Gasteiger partial charge < -0.3 is 9.13 Å². The van der Waals surface area contributed by atoms with Gasteiger partial charge in [-0.2, -0.15) is 0 Å². The molecule has 0 unspecified atom stereocenters. The largest absolute Gasteiger partial charge is 0.309 e. The summed E-state index contributed by atoms with van der Waals surface area (Å²) in [6.45, 7) is 0. The molecule has 0 aliphatic rings. The molecule has 96 heavy (non-hydrogen) atoms. The normalized spacial score (nSPS) is 11.5. The number of rotatable bonds is 9. The quantitative estimate of drug-likeness (QED) is 0.134. The molecule has 0 spiro atoms. The summed E-state index contributed by atoms with van der Waals surface area (Å²) in [6, 6.07) is 119. The molecular formula is C88H56N8. The second-order valence-corrected chi connectivity index (χ2v) is 24.1. The lowest BCUT2D eigenvalue weighted by Crippen LogP contribution is -2.00. The Balaban J connectivity index is 0.000000140. The molecule has 4 heterocycles. The van der Waals surface area contributed by atoms with E-state index in [1.54, 1.807) is 0 Å². The Kier molecular flexibility index (Phi) is 13.7. The Morgan fingerprint density at radius 3 is 1.05 bits per heavy atom. The summed E-state index contributed by atoms with van der Waals surface area (Å²) in [7, 11) is 0. The van der Waals surface area contributed by atoms with Crippen LogP contribution >= 0.6 is 0 Å². The van der Waals surface area contributed by atoms with Gasteiger partial charge in [0.15, 0.2) is 34.9 Å². The number of hydrogen-bond acceptors (Lipinski definition) is 6. The second kappa shape index (κ2) is 23.6. The molecule has 15 aromatic carbocycles. The van der Waals surface area contributed by atoms with Crippen molar-refractivity contribution in [3.8, 4) is 90.8 Å². The minimum atomic E-state index is 0.638. The average molecular weight is 1230 g/mol. The fourth-order valence-corrected chi connectivity index (χ4v) is 13.9.